The zero-order valence-corrected chi connectivity index (χ0v) is 16.1. The summed E-state index contributed by atoms with van der Waals surface area (Å²) in [4.78, 5) is 14.3. The van der Waals surface area contributed by atoms with Gasteiger partial charge in [0.2, 0.25) is 0 Å². The number of likely N-dealkylation sites (tertiary alicyclic amines) is 1. The molecule has 2 aromatic carbocycles. The monoisotopic (exact) mass is 396 g/mol. The third-order valence-electron chi connectivity index (χ3n) is 4.94. The highest BCUT2D eigenvalue weighted by Gasteiger charge is 2.33. The van der Waals surface area contributed by atoms with E-state index in [0.717, 1.165) is 6.42 Å². The van der Waals surface area contributed by atoms with Crippen molar-refractivity contribution in [1.82, 2.24) is 4.90 Å². The Morgan fingerprint density at radius 2 is 1.96 bits per heavy atom. The molecule has 1 saturated heterocycles. The molecule has 2 unspecified atom stereocenters. The van der Waals surface area contributed by atoms with E-state index in [1.165, 1.54) is 31.4 Å². The molecule has 7 heteroatoms. The number of nitrogens with zero attached hydrogens (tertiary/aromatic N) is 1. The number of nitrogens with two attached hydrogens (primary N) is 1. The first-order chi connectivity index (χ1) is 12.4. The summed E-state index contributed by atoms with van der Waals surface area (Å²) in [5.41, 5.74) is 6.30. The van der Waals surface area contributed by atoms with Crippen LogP contribution in [0.2, 0.25) is 0 Å². The standard InChI is InChI=1S/C20H22F2N2O2.ClH/c1-12-7-13(10-23)11-24(12)20(25)17-5-3-14(8-18(17)21)16-6-4-15(26-2)9-19(16)22;/h3-6,8-9,12-13H,7,10-11,23H2,1-2H3;1H. The lowest BCUT2D eigenvalue weighted by molar-refractivity contribution is 0.0738. The number of halogens is 3. The van der Waals surface area contributed by atoms with E-state index in [9.17, 15) is 13.6 Å². The third-order valence-corrected chi connectivity index (χ3v) is 4.94. The average Bonchev–Trinajstić information content (AvgIpc) is 3.02. The van der Waals surface area contributed by atoms with Crippen LogP contribution in [0.5, 0.6) is 5.75 Å². The lowest BCUT2D eigenvalue weighted by Gasteiger charge is -2.22. The Hall–Kier alpha value is -2.18. The number of hydrogen-bond acceptors (Lipinski definition) is 3. The fourth-order valence-electron chi connectivity index (χ4n) is 3.46. The lowest BCUT2D eigenvalue weighted by atomic mass is 10.0. The lowest BCUT2D eigenvalue weighted by Crippen LogP contribution is -2.35. The SMILES string of the molecule is COc1ccc(-c2ccc(C(=O)N3CC(CN)CC3C)c(F)c2)c(F)c1.Cl. The molecule has 146 valence electrons. The minimum absolute atomic E-state index is 0. The molecule has 1 aliphatic rings. The number of carbonyl (C=O) groups excluding carboxylic acids is 1. The number of carbonyl (C=O) groups is 1. The minimum Gasteiger partial charge on any atom is -0.497 e. The third kappa shape index (κ3) is 4.22. The Morgan fingerprint density at radius 1 is 1.22 bits per heavy atom. The van der Waals surface area contributed by atoms with E-state index in [0.29, 0.717) is 24.4 Å². The predicted octanol–water partition coefficient (Wildman–Crippen LogP) is 3.87. The van der Waals surface area contributed by atoms with Gasteiger partial charge >= 0.3 is 0 Å². The minimum atomic E-state index is -0.661. The van der Waals surface area contributed by atoms with Gasteiger partial charge in [0.25, 0.3) is 5.91 Å². The van der Waals surface area contributed by atoms with E-state index in [1.54, 1.807) is 17.0 Å². The Balaban J connectivity index is 0.00000261. The Kier molecular flexibility index (Phi) is 6.78. The summed E-state index contributed by atoms with van der Waals surface area (Å²) in [5, 5.41) is 0. The second-order valence-electron chi connectivity index (χ2n) is 6.68. The van der Waals surface area contributed by atoms with Crippen molar-refractivity contribution < 1.29 is 18.3 Å². The van der Waals surface area contributed by atoms with Gasteiger partial charge in [-0.3, -0.25) is 4.79 Å². The molecule has 27 heavy (non-hydrogen) atoms. The van der Waals surface area contributed by atoms with Crippen molar-refractivity contribution in [3.8, 4) is 16.9 Å². The van der Waals surface area contributed by atoms with E-state index in [1.807, 2.05) is 6.92 Å². The Bertz CT molecular complexity index is 832. The van der Waals surface area contributed by atoms with Crippen molar-refractivity contribution in [2.24, 2.45) is 11.7 Å². The van der Waals surface area contributed by atoms with Gasteiger partial charge < -0.3 is 15.4 Å². The summed E-state index contributed by atoms with van der Waals surface area (Å²) >= 11 is 0. The van der Waals surface area contributed by atoms with Crippen LogP contribution in [-0.4, -0.2) is 37.0 Å². The fourth-order valence-corrected chi connectivity index (χ4v) is 3.46. The zero-order valence-electron chi connectivity index (χ0n) is 15.2. The first-order valence-corrected chi connectivity index (χ1v) is 8.59. The molecular formula is C20H23ClF2N2O2. The molecule has 0 bridgehead atoms. The summed E-state index contributed by atoms with van der Waals surface area (Å²) < 4.78 is 33.8. The van der Waals surface area contributed by atoms with Crippen molar-refractivity contribution in [3.05, 3.63) is 53.6 Å². The molecule has 4 nitrogen and oxygen atoms in total. The van der Waals surface area contributed by atoms with Crippen LogP contribution in [-0.2, 0) is 0 Å². The van der Waals surface area contributed by atoms with Crippen molar-refractivity contribution in [1.29, 1.82) is 0 Å². The van der Waals surface area contributed by atoms with Gasteiger partial charge in [-0.15, -0.1) is 12.4 Å². The van der Waals surface area contributed by atoms with E-state index in [2.05, 4.69) is 0 Å². The van der Waals surface area contributed by atoms with Gasteiger partial charge in [0, 0.05) is 24.2 Å². The topological polar surface area (TPSA) is 55.6 Å². The van der Waals surface area contributed by atoms with Gasteiger partial charge in [-0.1, -0.05) is 6.07 Å². The summed E-state index contributed by atoms with van der Waals surface area (Å²) in [6, 6.07) is 8.56. The second-order valence-corrected chi connectivity index (χ2v) is 6.68. The highest BCUT2D eigenvalue weighted by atomic mass is 35.5. The maximum absolute atomic E-state index is 14.6. The summed E-state index contributed by atoms with van der Waals surface area (Å²) in [5.74, 6) is -0.902. The van der Waals surface area contributed by atoms with Gasteiger partial charge in [-0.25, -0.2) is 8.78 Å². The number of hydrogen-bond donors (Lipinski definition) is 1. The molecule has 1 amide bonds. The second kappa shape index (κ2) is 8.67. The van der Waals surface area contributed by atoms with Crippen molar-refractivity contribution >= 4 is 18.3 Å². The normalized spacial score (nSPS) is 18.9. The fraction of sp³-hybridized carbons (Fsp3) is 0.350. The van der Waals surface area contributed by atoms with E-state index in [4.69, 9.17) is 10.5 Å². The first-order valence-electron chi connectivity index (χ1n) is 8.59. The summed E-state index contributed by atoms with van der Waals surface area (Å²) in [6.45, 7) is 2.98. The Morgan fingerprint density at radius 3 is 2.52 bits per heavy atom. The quantitative estimate of drug-likeness (QED) is 0.853. The number of amides is 1. The molecule has 2 atom stereocenters. The number of benzene rings is 2. The predicted molar refractivity (Wildman–Crippen MR) is 103 cm³/mol. The first kappa shape index (κ1) is 21.1. The molecule has 2 aromatic rings. The maximum Gasteiger partial charge on any atom is 0.257 e. The molecule has 1 fully saturated rings. The molecule has 0 saturated carbocycles. The van der Waals surface area contributed by atoms with Gasteiger partial charge in [-0.05, 0) is 55.6 Å². The van der Waals surface area contributed by atoms with Crippen molar-refractivity contribution in [2.75, 3.05) is 20.2 Å². The summed E-state index contributed by atoms with van der Waals surface area (Å²) in [7, 11) is 1.45. The van der Waals surface area contributed by atoms with Crippen LogP contribution in [0.15, 0.2) is 36.4 Å². The number of rotatable bonds is 4. The van der Waals surface area contributed by atoms with Crippen LogP contribution in [0.25, 0.3) is 11.1 Å². The van der Waals surface area contributed by atoms with E-state index in [-0.39, 0.29) is 41.4 Å². The van der Waals surface area contributed by atoms with Gasteiger partial charge in [0.15, 0.2) is 0 Å². The largest absolute Gasteiger partial charge is 0.497 e. The molecule has 0 aromatic heterocycles. The molecular weight excluding hydrogens is 374 g/mol. The molecule has 1 heterocycles. The van der Waals surface area contributed by atoms with Crippen LogP contribution < -0.4 is 10.5 Å². The molecule has 0 spiro atoms. The number of ether oxygens (including phenoxy) is 1. The molecule has 0 radical (unpaired) electrons. The van der Waals surface area contributed by atoms with Gasteiger partial charge in [0.1, 0.15) is 17.4 Å². The molecule has 1 aliphatic heterocycles. The zero-order chi connectivity index (χ0) is 18.8. The smallest absolute Gasteiger partial charge is 0.257 e. The van der Waals surface area contributed by atoms with Crippen LogP contribution >= 0.6 is 12.4 Å². The van der Waals surface area contributed by atoms with Crippen molar-refractivity contribution in [3.63, 3.8) is 0 Å². The highest BCUT2D eigenvalue weighted by molar-refractivity contribution is 5.95. The van der Waals surface area contributed by atoms with Gasteiger partial charge in [-0.2, -0.15) is 0 Å². The van der Waals surface area contributed by atoms with Crippen molar-refractivity contribution in [2.45, 2.75) is 19.4 Å². The van der Waals surface area contributed by atoms with Crippen LogP contribution in [0.1, 0.15) is 23.7 Å². The highest BCUT2D eigenvalue weighted by Crippen LogP contribution is 2.29. The van der Waals surface area contributed by atoms with Crippen LogP contribution in [0.3, 0.4) is 0 Å². The average molecular weight is 397 g/mol. The molecule has 2 N–H and O–H groups in total. The van der Waals surface area contributed by atoms with Crippen LogP contribution in [0.4, 0.5) is 8.78 Å². The Labute approximate surface area is 163 Å². The number of methoxy groups -OCH3 is 1. The van der Waals surface area contributed by atoms with E-state index >= 15 is 0 Å². The maximum atomic E-state index is 14.6. The van der Waals surface area contributed by atoms with E-state index < -0.39 is 11.6 Å². The van der Waals surface area contributed by atoms with Crippen LogP contribution in [0, 0.1) is 17.6 Å². The summed E-state index contributed by atoms with van der Waals surface area (Å²) in [6.07, 6.45) is 0.818. The van der Waals surface area contributed by atoms with Gasteiger partial charge in [0.05, 0.1) is 12.7 Å². The molecule has 3 rings (SSSR count). The molecule has 0 aliphatic carbocycles.